The highest BCUT2D eigenvalue weighted by atomic mass is 16.5. The van der Waals surface area contributed by atoms with Gasteiger partial charge in [-0.1, -0.05) is 18.2 Å². The van der Waals surface area contributed by atoms with Crippen LogP contribution < -0.4 is 4.74 Å². The molecule has 1 amide bonds. The Morgan fingerprint density at radius 3 is 2.64 bits per heavy atom. The Kier molecular flexibility index (Phi) is 4.46. The van der Waals surface area contributed by atoms with E-state index in [4.69, 9.17) is 4.74 Å². The van der Waals surface area contributed by atoms with Gasteiger partial charge in [-0.2, -0.15) is 0 Å². The lowest BCUT2D eigenvalue weighted by Gasteiger charge is -2.38. The quantitative estimate of drug-likeness (QED) is 0.821. The molecule has 0 saturated carbocycles. The number of carbonyl (C=O) groups excluding carboxylic acids is 1. The zero-order valence-electron chi connectivity index (χ0n) is 15.5. The molecule has 0 aliphatic carbocycles. The molecule has 0 spiro atoms. The number of benzene rings is 1. The first-order valence-electron chi connectivity index (χ1n) is 9.43. The second-order valence-electron chi connectivity index (χ2n) is 8.02. The number of nitrogens with zero attached hydrogens (tertiary/aromatic N) is 3. The van der Waals surface area contributed by atoms with Crippen LogP contribution in [0.3, 0.4) is 0 Å². The van der Waals surface area contributed by atoms with Gasteiger partial charge in [-0.3, -0.25) is 9.69 Å². The number of hydrogen-bond donors (Lipinski definition) is 0. The number of piperidine rings is 1. The van der Waals surface area contributed by atoms with Crippen LogP contribution in [0.2, 0.25) is 0 Å². The molecule has 0 bridgehead atoms. The number of likely N-dealkylation sites (tertiary alicyclic amines) is 2. The highest BCUT2D eigenvalue weighted by Gasteiger charge is 2.48. The van der Waals surface area contributed by atoms with Gasteiger partial charge in [0, 0.05) is 43.2 Å². The van der Waals surface area contributed by atoms with Gasteiger partial charge < -0.3 is 14.5 Å². The molecular weight excluding hydrogens is 314 g/mol. The summed E-state index contributed by atoms with van der Waals surface area (Å²) in [4.78, 5) is 20.0. The van der Waals surface area contributed by atoms with Crippen molar-refractivity contribution >= 4 is 5.91 Å². The summed E-state index contributed by atoms with van der Waals surface area (Å²) in [5.74, 6) is 1.63. The Bertz CT molecular complexity index is 640. The van der Waals surface area contributed by atoms with Gasteiger partial charge in [0.15, 0.2) is 0 Å². The van der Waals surface area contributed by atoms with Crippen molar-refractivity contribution in [1.29, 1.82) is 0 Å². The lowest BCUT2D eigenvalue weighted by Crippen LogP contribution is -2.48. The van der Waals surface area contributed by atoms with Crippen molar-refractivity contribution in [2.45, 2.75) is 24.9 Å². The number of rotatable bonds is 2. The second-order valence-corrected chi connectivity index (χ2v) is 8.02. The van der Waals surface area contributed by atoms with Gasteiger partial charge in [0.25, 0.3) is 0 Å². The van der Waals surface area contributed by atoms with E-state index < -0.39 is 0 Å². The van der Waals surface area contributed by atoms with E-state index in [0.29, 0.717) is 24.6 Å². The van der Waals surface area contributed by atoms with E-state index in [9.17, 15) is 4.79 Å². The summed E-state index contributed by atoms with van der Waals surface area (Å²) in [7, 11) is 6.41. The predicted molar refractivity (Wildman–Crippen MR) is 97.6 cm³/mol. The van der Waals surface area contributed by atoms with Gasteiger partial charge in [-0.05, 0) is 40.1 Å². The molecule has 0 unspecified atom stereocenters. The monoisotopic (exact) mass is 343 g/mol. The van der Waals surface area contributed by atoms with Crippen molar-refractivity contribution in [2.75, 3.05) is 47.4 Å². The van der Waals surface area contributed by atoms with E-state index in [1.807, 2.05) is 12.1 Å². The minimum atomic E-state index is 0.0549. The van der Waals surface area contributed by atoms with Crippen LogP contribution in [0.15, 0.2) is 24.3 Å². The van der Waals surface area contributed by atoms with Crippen LogP contribution in [-0.4, -0.2) is 74.0 Å². The standard InChI is InChI=1S/C20H29N3O2/c1-21(2)14-8-10-23(11-9-14)20(24)16-12-22(3)19-15-6-4-5-7-18(15)25-13-17(16)19/h4-7,14,16-17,19H,8-13H2,1-3H3/t16-,17+,19+/m1/s1. The van der Waals surface area contributed by atoms with Crippen molar-refractivity contribution < 1.29 is 9.53 Å². The molecule has 0 aromatic heterocycles. The summed E-state index contributed by atoms with van der Waals surface area (Å²) in [5.41, 5.74) is 1.24. The van der Waals surface area contributed by atoms with E-state index in [-0.39, 0.29) is 11.8 Å². The first-order valence-corrected chi connectivity index (χ1v) is 9.43. The fourth-order valence-electron chi connectivity index (χ4n) is 4.92. The first-order chi connectivity index (χ1) is 12.1. The highest BCUT2D eigenvalue weighted by molar-refractivity contribution is 5.80. The van der Waals surface area contributed by atoms with Crippen LogP contribution in [0, 0.1) is 11.8 Å². The molecule has 5 heteroatoms. The Morgan fingerprint density at radius 1 is 1.20 bits per heavy atom. The maximum absolute atomic E-state index is 13.2. The van der Waals surface area contributed by atoms with Gasteiger partial charge in [-0.25, -0.2) is 0 Å². The zero-order valence-corrected chi connectivity index (χ0v) is 15.5. The second kappa shape index (κ2) is 6.61. The molecule has 2 saturated heterocycles. The molecule has 3 aliphatic heterocycles. The molecule has 1 aromatic carbocycles. The Balaban J connectivity index is 1.49. The van der Waals surface area contributed by atoms with E-state index >= 15 is 0 Å². The molecule has 3 atom stereocenters. The van der Waals surface area contributed by atoms with Crippen LogP contribution in [0.25, 0.3) is 0 Å². The normalized spacial score (nSPS) is 30.1. The highest BCUT2D eigenvalue weighted by Crippen LogP contribution is 2.47. The summed E-state index contributed by atoms with van der Waals surface area (Å²) in [5, 5.41) is 0. The molecule has 2 fully saturated rings. The Hall–Kier alpha value is -1.59. The average Bonchev–Trinajstić information content (AvgIpc) is 2.98. The molecule has 136 valence electrons. The van der Waals surface area contributed by atoms with Gasteiger partial charge in [0.2, 0.25) is 5.91 Å². The molecule has 0 N–H and O–H groups in total. The zero-order chi connectivity index (χ0) is 17.6. The fourth-order valence-corrected chi connectivity index (χ4v) is 4.92. The summed E-state index contributed by atoms with van der Waals surface area (Å²) >= 11 is 0. The van der Waals surface area contributed by atoms with E-state index in [0.717, 1.165) is 38.2 Å². The predicted octanol–water partition coefficient (Wildman–Crippen LogP) is 1.85. The average molecular weight is 343 g/mol. The van der Waals surface area contributed by atoms with Crippen molar-refractivity contribution in [2.24, 2.45) is 11.8 Å². The third-order valence-corrected chi connectivity index (χ3v) is 6.37. The van der Waals surface area contributed by atoms with Crippen LogP contribution in [-0.2, 0) is 4.79 Å². The number of hydrogen-bond acceptors (Lipinski definition) is 4. The first kappa shape index (κ1) is 16.9. The van der Waals surface area contributed by atoms with Gasteiger partial charge in [0.1, 0.15) is 5.75 Å². The third kappa shape index (κ3) is 2.93. The summed E-state index contributed by atoms with van der Waals surface area (Å²) < 4.78 is 6.00. The van der Waals surface area contributed by atoms with Crippen molar-refractivity contribution in [3.05, 3.63) is 29.8 Å². The Morgan fingerprint density at radius 2 is 1.92 bits per heavy atom. The molecule has 25 heavy (non-hydrogen) atoms. The SMILES string of the molecule is CN(C)C1CCN(C(=O)[C@@H]2CN(C)[C@H]3c4ccccc4OC[C@@H]23)CC1. The van der Waals surface area contributed by atoms with Crippen LogP contribution in [0.4, 0.5) is 0 Å². The maximum atomic E-state index is 13.2. The lowest BCUT2D eigenvalue weighted by molar-refractivity contribution is -0.138. The molecule has 5 nitrogen and oxygen atoms in total. The molecule has 4 rings (SSSR count). The third-order valence-electron chi connectivity index (χ3n) is 6.37. The van der Waals surface area contributed by atoms with Crippen molar-refractivity contribution in [1.82, 2.24) is 14.7 Å². The minimum Gasteiger partial charge on any atom is -0.493 e. The number of amides is 1. The van der Waals surface area contributed by atoms with Crippen LogP contribution in [0.5, 0.6) is 5.75 Å². The van der Waals surface area contributed by atoms with Crippen molar-refractivity contribution in [3.8, 4) is 5.75 Å². The Labute approximate surface area is 150 Å². The summed E-state index contributed by atoms with van der Waals surface area (Å²) in [6, 6.07) is 9.19. The molecule has 3 aliphatic rings. The molecule has 1 aromatic rings. The molecule has 0 radical (unpaired) electrons. The van der Waals surface area contributed by atoms with Gasteiger partial charge in [0.05, 0.1) is 12.5 Å². The summed E-state index contributed by atoms with van der Waals surface area (Å²) in [6.45, 7) is 3.25. The van der Waals surface area contributed by atoms with Gasteiger partial charge in [-0.15, -0.1) is 0 Å². The van der Waals surface area contributed by atoms with E-state index in [1.165, 1.54) is 5.56 Å². The number of fused-ring (bicyclic) bond motifs is 3. The largest absolute Gasteiger partial charge is 0.493 e. The topological polar surface area (TPSA) is 36.0 Å². The number of carbonyl (C=O) groups is 1. The lowest BCUT2D eigenvalue weighted by atomic mass is 9.84. The van der Waals surface area contributed by atoms with Crippen molar-refractivity contribution in [3.63, 3.8) is 0 Å². The number of para-hydroxylation sites is 1. The van der Waals surface area contributed by atoms with E-state index in [2.05, 4.69) is 48.0 Å². The maximum Gasteiger partial charge on any atom is 0.227 e. The smallest absolute Gasteiger partial charge is 0.227 e. The molecular formula is C20H29N3O2. The van der Waals surface area contributed by atoms with Gasteiger partial charge >= 0.3 is 0 Å². The fraction of sp³-hybridized carbons (Fsp3) is 0.650. The van der Waals surface area contributed by atoms with E-state index in [1.54, 1.807) is 0 Å². The minimum absolute atomic E-state index is 0.0549. The summed E-state index contributed by atoms with van der Waals surface area (Å²) in [6.07, 6.45) is 2.16. The van der Waals surface area contributed by atoms with Crippen LogP contribution >= 0.6 is 0 Å². The molecule has 3 heterocycles. The van der Waals surface area contributed by atoms with Crippen LogP contribution in [0.1, 0.15) is 24.4 Å². The number of ether oxygens (including phenoxy) is 1.